The Morgan fingerprint density at radius 2 is 2.00 bits per heavy atom. The van der Waals surface area contributed by atoms with E-state index in [1.807, 2.05) is 12.1 Å². The van der Waals surface area contributed by atoms with Crippen LogP contribution in [0.3, 0.4) is 0 Å². The summed E-state index contributed by atoms with van der Waals surface area (Å²) in [5.41, 5.74) is 3.59. The van der Waals surface area contributed by atoms with Gasteiger partial charge in [0.15, 0.2) is 0 Å². The Hall–Kier alpha value is -0.820. The molecule has 1 heteroatoms. The van der Waals surface area contributed by atoms with Crippen molar-refractivity contribution >= 4 is 0 Å². The quantitative estimate of drug-likeness (QED) is 0.773. The van der Waals surface area contributed by atoms with Crippen molar-refractivity contribution in [2.24, 2.45) is 0 Å². The Kier molecular flexibility index (Phi) is 4.15. The highest BCUT2D eigenvalue weighted by atomic mass is 16.3. The summed E-state index contributed by atoms with van der Waals surface area (Å²) in [7, 11) is 0. The number of aliphatic hydroxyl groups is 1. The molecular weight excluding hydrogens is 172 g/mol. The van der Waals surface area contributed by atoms with E-state index in [2.05, 4.69) is 26.8 Å². The van der Waals surface area contributed by atoms with Crippen LogP contribution in [0.15, 0.2) is 18.2 Å². The minimum atomic E-state index is -0.283. The number of benzene rings is 1. The van der Waals surface area contributed by atoms with E-state index in [0.717, 1.165) is 24.8 Å². The lowest BCUT2D eigenvalue weighted by molar-refractivity contribution is 0.163. The zero-order chi connectivity index (χ0) is 10.6. The molecular formula is C13H20O. The minimum Gasteiger partial charge on any atom is -0.388 e. The van der Waals surface area contributed by atoms with Gasteiger partial charge in [-0.3, -0.25) is 0 Å². The van der Waals surface area contributed by atoms with Crippen LogP contribution in [-0.4, -0.2) is 5.11 Å². The monoisotopic (exact) mass is 192 g/mol. The fourth-order valence-corrected chi connectivity index (χ4v) is 1.69. The summed E-state index contributed by atoms with van der Waals surface area (Å²) >= 11 is 0. The van der Waals surface area contributed by atoms with Crippen LogP contribution in [0, 0.1) is 13.8 Å². The van der Waals surface area contributed by atoms with Crippen molar-refractivity contribution in [2.75, 3.05) is 0 Å². The second-order valence-corrected chi connectivity index (χ2v) is 3.95. The Morgan fingerprint density at radius 1 is 1.29 bits per heavy atom. The lowest BCUT2D eigenvalue weighted by atomic mass is 9.96. The summed E-state index contributed by atoms with van der Waals surface area (Å²) in [6, 6.07) is 6.14. The highest BCUT2D eigenvalue weighted by Gasteiger charge is 2.10. The fourth-order valence-electron chi connectivity index (χ4n) is 1.69. The molecule has 14 heavy (non-hydrogen) atoms. The van der Waals surface area contributed by atoms with Crippen molar-refractivity contribution in [3.63, 3.8) is 0 Å². The van der Waals surface area contributed by atoms with Crippen molar-refractivity contribution < 1.29 is 5.11 Å². The summed E-state index contributed by atoms with van der Waals surface area (Å²) in [4.78, 5) is 0. The van der Waals surface area contributed by atoms with Gasteiger partial charge in [0, 0.05) is 0 Å². The van der Waals surface area contributed by atoms with Crippen LogP contribution < -0.4 is 0 Å². The standard InChI is InChI=1S/C13H20O/c1-4-5-9-13(14)12-8-6-7-10(2)11(12)3/h6-8,13-14H,4-5,9H2,1-3H3. The van der Waals surface area contributed by atoms with Gasteiger partial charge < -0.3 is 5.11 Å². The molecule has 1 nitrogen and oxygen atoms in total. The van der Waals surface area contributed by atoms with Crippen LogP contribution in [0.2, 0.25) is 0 Å². The molecule has 0 heterocycles. The summed E-state index contributed by atoms with van der Waals surface area (Å²) in [5.74, 6) is 0. The molecule has 1 unspecified atom stereocenters. The number of unbranched alkanes of at least 4 members (excludes halogenated alkanes) is 1. The van der Waals surface area contributed by atoms with E-state index >= 15 is 0 Å². The normalized spacial score (nSPS) is 12.9. The number of hydrogen-bond acceptors (Lipinski definition) is 1. The van der Waals surface area contributed by atoms with Gasteiger partial charge in [-0.15, -0.1) is 0 Å². The molecule has 0 amide bonds. The topological polar surface area (TPSA) is 20.2 Å². The van der Waals surface area contributed by atoms with Crippen molar-refractivity contribution in [2.45, 2.75) is 46.1 Å². The second kappa shape index (κ2) is 5.16. The van der Waals surface area contributed by atoms with E-state index in [9.17, 15) is 5.11 Å². The molecule has 1 atom stereocenters. The van der Waals surface area contributed by atoms with Crippen LogP contribution in [0.25, 0.3) is 0 Å². The average Bonchev–Trinajstić information content (AvgIpc) is 2.18. The maximum absolute atomic E-state index is 9.96. The average molecular weight is 192 g/mol. The van der Waals surface area contributed by atoms with Crippen LogP contribution >= 0.6 is 0 Å². The predicted octanol–water partition coefficient (Wildman–Crippen LogP) is 3.53. The smallest absolute Gasteiger partial charge is 0.0792 e. The van der Waals surface area contributed by atoms with E-state index < -0.39 is 0 Å². The molecule has 78 valence electrons. The first-order valence-electron chi connectivity index (χ1n) is 5.41. The third-order valence-corrected chi connectivity index (χ3v) is 2.84. The SMILES string of the molecule is CCCCC(O)c1cccc(C)c1C. The fraction of sp³-hybridized carbons (Fsp3) is 0.538. The Balaban J connectivity index is 2.79. The molecule has 0 saturated heterocycles. The zero-order valence-electron chi connectivity index (χ0n) is 9.38. The molecule has 0 aromatic heterocycles. The molecule has 0 saturated carbocycles. The Labute approximate surface area is 86.8 Å². The van der Waals surface area contributed by atoms with Gasteiger partial charge in [-0.2, -0.15) is 0 Å². The molecule has 0 spiro atoms. The summed E-state index contributed by atoms with van der Waals surface area (Å²) in [5, 5.41) is 9.96. The van der Waals surface area contributed by atoms with E-state index in [-0.39, 0.29) is 6.10 Å². The van der Waals surface area contributed by atoms with Crippen molar-refractivity contribution in [3.05, 3.63) is 34.9 Å². The minimum absolute atomic E-state index is 0.283. The van der Waals surface area contributed by atoms with E-state index in [0.29, 0.717) is 0 Å². The second-order valence-electron chi connectivity index (χ2n) is 3.95. The summed E-state index contributed by atoms with van der Waals surface area (Å²) in [6.45, 7) is 6.32. The Morgan fingerprint density at radius 3 is 2.64 bits per heavy atom. The van der Waals surface area contributed by atoms with Gasteiger partial charge >= 0.3 is 0 Å². The zero-order valence-corrected chi connectivity index (χ0v) is 9.38. The van der Waals surface area contributed by atoms with Crippen molar-refractivity contribution in [1.29, 1.82) is 0 Å². The van der Waals surface area contributed by atoms with Gasteiger partial charge in [-0.25, -0.2) is 0 Å². The number of hydrogen-bond donors (Lipinski definition) is 1. The first kappa shape index (κ1) is 11.3. The van der Waals surface area contributed by atoms with Gasteiger partial charge in [-0.05, 0) is 37.0 Å². The van der Waals surface area contributed by atoms with Crippen molar-refractivity contribution in [1.82, 2.24) is 0 Å². The molecule has 0 radical (unpaired) electrons. The van der Waals surface area contributed by atoms with Crippen LogP contribution in [0.5, 0.6) is 0 Å². The lowest BCUT2D eigenvalue weighted by Crippen LogP contribution is -2.01. The Bertz CT molecular complexity index is 291. The summed E-state index contributed by atoms with van der Waals surface area (Å²) < 4.78 is 0. The molecule has 0 aliphatic heterocycles. The lowest BCUT2D eigenvalue weighted by Gasteiger charge is -2.14. The van der Waals surface area contributed by atoms with Gasteiger partial charge in [0.25, 0.3) is 0 Å². The van der Waals surface area contributed by atoms with Gasteiger partial charge in [0.1, 0.15) is 0 Å². The first-order valence-corrected chi connectivity index (χ1v) is 5.41. The maximum Gasteiger partial charge on any atom is 0.0792 e. The highest BCUT2D eigenvalue weighted by Crippen LogP contribution is 2.24. The summed E-state index contributed by atoms with van der Waals surface area (Å²) in [6.07, 6.45) is 2.83. The van der Waals surface area contributed by atoms with Gasteiger partial charge in [-0.1, -0.05) is 38.0 Å². The first-order chi connectivity index (χ1) is 6.66. The van der Waals surface area contributed by atoms with E-state index in [1.54, 1.807) is 0 Å². The predicted molar refractivity (Wildman–Crippen MR) is 60.4 cm³/mol. The molecule has 1 N–H and O–H groups in total. The van der Waals surface area contributed by atoms with Crippen LogP contribution in [-0.2, 0) is 0 Å². The molecule has 1 aromatic carbocycles. The van der Waals surface area contributed by atoms with E-state index in [4.69, 9.17) is 0 Å². The molecule has 0 aliphatic rings. The van der Waals surface area contributed by atoms with Gasteiger partial charge in [0.05, 0.1) is 6.10 Å². The number of aryl methyl sites for hydroxylation is 1. The van der Waals surface area contributed by atoms with Crippen LogP contribution in [0.4, 0.5) is 0 Å². The van der Waals surface area contributed by atoms with Crippen LogP contribution in [0.1, 0.15) is 49.0 Å². The third kappa shape index (κ3) is 2.58. The number of aliphatic hydroxyl groups excluding tert-OH is 1. The largest absolute Gasteiger partial charge is 0.388 e. The van der Waals surface area contributed by atoms with Crippen molar-refractivity contribution in [3.8, 4) is 0 Å². The van der Waals surface area contributed by atoms with Gasteiger partial charge in [0.2, 0.25) is 0 Å². The molecule has 0 aliphatic carbocycles. The molecule has 1 rings (SSSR count). The maximum atomic E-state index is 9.96. The molecule has 1 aromatic rings. The molecule has 0 bridgehead atoms. The highest BCUT2D eigenvalue weighted by molar-refractivity contribution is 5.34. The third-order valence-electron chi connectivity index (χ3n) is 2.84. The number of rotatable bonds is 4. The van der Waals surface area contributed by atoms with E-state index in [1.165, 1.54) is 11.1 Å². The molecule has 0 fully saturated rings.